The van der Waals surface area contributed by atoms with Crippen molar-refractivity contribution in [3.05, 3.63) is 77.9 Å². The number of hydrogen-bond acceptors (Lipinski definition) is 4. The lowest BCUT2D eigenvalue weighted by Crippen LogP contribution is -2.32. The lowest BCUT2D eigenvalue weighted by molar-refractivity contribution is -0.128. The van der Waals surface area contributed by atoms with Crippen LogP contribution in [0, 0.1) is 5.82 Å². The summed E-state index contributed by atoms with van der Waals surface area (Å²) in [5.41, 5.74) is 2.53. The van der Waals surface area contributed by atoms with Gasteiger partial charge in [0.15, 0.2) is 0 Å². The summed E-state index contributed by atoms with van der Waals surface area (Å²) in [6.45, 7) is 1.55. The molecule has 0 radical (unpaired) electrons. The van der Waals surface area contributed by atoms with E-state index in [2.05, 4.69) is 10.3 Å². The molecule has 2 aromatic carbocycles. The monoisotopic (exact) mass is 365 g/mol. The molecule has 2 heterocycles. The number of nitrogens with one attached hydrogen (secondary N) is 1. The number of oxazole rings is 1. The van der Waals surface area contributed by atoms with Crippen LogP contribution in [0.25, 0.3) is 11.5 Å². The molecule has 0 saturated carbocycles. The fraction of sp³-hybridized carbons (Fsp3) is 0.238. The Morgan fingerprint density at radius 3 is 2.85 bits per heavy atom. The third-order valence-corrected chi connectivity index (χ3v) is 4.62. The second kappa shape index (κ2) is 7.72. The number of amides is 1. The van der Waals surface area contributed by atoms with Crippen LogP contribution < -0.4 is 5.32 Å². The summed E-state index contributed by atoms with van der Waals surface area (Å²) in [6.07, 6.45) is 2.06. The second-order valence-electron chi connectivity index (χ2n) is 6.70. The molecule has 4 rings (SSSR count). The first-order valence-electron chi connectivity index (χ1n) is 8.93. The van der Waals surface area contributed by atoms with Gasteiger partial charge in [0, 0.05) is 37.7 Å². The fourth-order valence-corrected chi connectivity index (χ4v) is 3.27. The zero-order valence-electron chi connectivity index (χ0n) is 14.8. The summed E-state index contributed by atoms with van der Waals surface area (Å²) >= 11 is 0. The Morgan fingerprint density at radius 1 is 1.19 bits per heavy atom. The van der Waals surface area contributed by atoms with Crippen molar-refractivity contribution in [2.75, 3.05) is 6.54 Å². The largest absolute Gasteiger partial charge is 0.444 e. The molecule has 1 atom stereocenters. The van der Waals surface area contributed by atoms with Crippen LogP contribution in [0.3, 0.4) is 0 Å². The van der Waals surface area contributed by atoms with E-state index < -0.39 is 0 Å². The molecule has 0 aliphatic carbocycles. The van der Waals surface area contributed by atoms with Crippen molar-refractivity contribution in [2.24, 2.45) is 0 Å². The Hall–Kier alpha value is -2.99. The lowest BCUT2D eigenvalue weighted by Gasteiger charge is -2.17. The van der Waals surface area contributed by atoms with Crippen molar-refractivity contribution in [3.63, 3.8) is 0 Å². The first-order valence-corrected chi connectivity index (χ1v) is 8.93. The van der Waals surface area contributed by atoms with Gasteiger partial charge in [0.1, 0.15) is 12.1 Å². The van der Waals surface area contributed by atoms with Gasteiger partial charge in [0.25, 0.3) is 0 Å². The molecule has 1 N–H and O–H groups in total. The van der Waals surface area contributed by atoms with Crippen LogP contribution in [-0.2, 0) is 17.9 Å². The van der Waals surface area contributed by atoms with Crippen LogP contribution >= 0.6 is 0 Å². The number of hydrogen-bond donors (Lipinski definition) is 1. The first-order chi connectivity index (χ1) is 13.2. The fourth-order valence-electron chi connectivity index (χ4n) is 3.27. The van der Waals surface area contributed by atoms with Crippen LogP contribution in [0.15, 0.2) is 65.3 Å². The minimum atomic E-state index is -0.283. The molecule has 3 aromatic rings. The quantitative estimate of drug-likeness (QED) is 0.728. The van der Waals surface area contributed by atoms with Gasteiger partial charge in [-0.1, -0.05) is 30.3 Å². The standard InChI is InChI=1S/C21H20FN3O2/c22-17-8-4-5-15(9-17)12-25-13-18(10-20(25)26)23-11-19-14-27-21(24-19)16-6-2-1-3-7-16/h1-9,14,18,23H,10-13H2/t18-/m0/s1. The van der Waals surface area contributed by atoms with E-state index in [1.807, 2.05) is 36.4 Å². The predicted octanol–water partition coefficient (Wildman–Crippen LogP) is 3.37. The number of carbonyl (C=O) groups is 1. The summed E-state index contributed by atoms with van der Waals surface area (Å²) in [7, 11) is 0. The van der Waals surface area contributed by atoms with Crippen LogP contribution in [0.1, 0.15) is 17.7 Å². The van der Waals surface area contributed by atoms with Crippen LogP contribution in [0.5, 0.6) is 0 Å². The van der Waals surface area contributed by atoms with Crippen molar-refractivity contribution in [1.29, 1.82) is 0 Å². The number of nitrogens with zero attached hydrogens (tertiary/aromatic N) is 2. The maximum absolute atomic E-state index is 13.3. The van der Waals surface area contributed by atoms with E-state index in [-0.39, 0.29) is 17.8 Å². The van der Waals surface area contributed by atoms with Crippen molar-refractivity contribution in [2.45, 2.75) is 25.6 Å². The van der Waals surface area contributed by atoms with Crippen molar-refractivity contribution >= 4 is 5.91 Å². The molecule has 0 unspecified atom stereocenters. The average Bonchev–Trinajstić information content (AvgIpc) is 3.28. The summed E-state index contributed by atoms with van der Waals surface area (Å²) in [4.78, 5) is 18.5. The molecule has 1 saturated heterocycles. The molecule has 1 aliphatic rings. The van der Waals surface area contributed by atoms with Crippen LogP contribution in [-0.4, -0.2) is 28.4 Å². The molecule has 1 fully saturated rings. The van der Waals surface area contributed by atoms with Crippen molar-refractivity contribution in [1.82, 2.24) is 15.2 Å². The molecular weight excluding hydrogens is 345 g/mol. The molecular formula is C21H20FN3O2. The number of halogens is 1. The average molecular weight is 365 g/mol. The van der Waals surface area contributed by atoms with E-state index in [4.69, 9.17) is 4.42 Å². The van der Waals surface area contributed by atoms with Gasteiger partial charge in [0.05, 0.1) is 5.69 Å². The Bertz CT molecular complexity index is 926. The van der Waals surface area contributed by atoms with Gasteiger partial charge in [-0.3, -0.25) is 4.79 Å². The maximum atomic E-state index is 13.3. The molecule has 1 aromatic heterocycles. The molecule has 6 heteroatoms. The molecule has 138 valence electrons. The van der Waals surface area contributed by atoms with E-state index in [1.54, 1.807) is 17.2 Å². The maximum Gasteiger partial charge on any atom is 0.226 e. The number of rotatable bonds is 6. The van der Waals surface area contributed by atoms with Crippen molar-refractivity contribution in [3.8, 4) is 11.5 Å². The third-order valence-electron chi connectivity index (χ3n) is 4.62. The predicted molar refractivity (Wildman–Crippen MR) is 99.0 cm³/mol. The van der Waals surface area contributed by atoms with E-state index in [1.165, 1.54) is 12.1 Å². The molecule has 1 amide bonds. The highest BCUT2D eigenvalue weighted by Crippen LogP contribution is 2.19. The van der Waals surface area contributed by atoms with Gasteiger partial charge in [-0.25, -0.2) is 9.37 Å². The zero-order valence-corrected chi connectivity index (χ0v) is 14.8. The summed E-state index contributed by atoms with van der Waals surface area (Å²) < 4.78 is 18.9. The van der Waals surface area contributed by atoms with Gasteiger partial charge in [-0.2, -0.15) is 0 Å². The highest BCUT2D eigenvalue weighted by molar-refractivity contribution is 5.79. The SMILES string of the molecule is O=C1C[C@H](NCc2coc(-c3ccccc3)n2)CN1Cc1cccc(F)c1. The van der Waals surface area contributed by atoms with Gasteiger partial charge < -0.3 is 14.6 Å². The summed E-state index contributed by atoms with van der Waals surface area (Å²) in [5, 5.41) is 3.36. The van der Waals surface area contributed by atoms with Crippen molar-refractivity contribution < 1.29 is 13.6 Å². The van der Waals surface area contributed by atoms with E-state index in [0.717, 1.165) is 16.8 Å². The number of benzene rings is 2. The zero-order chi connectivity index (χ0) is 18.6. The highest BCUT2D eigenvalue weighted by Gasteiger charge is 2.29. The Kier molecular flexibility index (Phi) is 4.98. The van der Waals surface area contributed by atoms with E-state index in [0.29, 0.717) is 31.9 Å². The van der Waals surface area contributed by atoms with E-state index >= 15 is 0 Å². The van der Waals surface area contributed by atoms with Crippen LogP contribution in [0.2, 0.25) is 0 Å². The number of carbonyl (C=O) groups excluding carboxylic acids is 1. The summed E-state index contributed by atoms with van der Waals surface area (Å²) in [5.74, 6) is 0.374. The molecule has 27 heavy (non-hydrogen) atoms. The van der Waals surface area contributed by atoms with E-state index in [9.17, 15) is 9.18 Å². The number of likely N-dealkylation sites (tertiary alicyclic amines) is 1. The summed E-state index contributed by atoms with van der Waals surface area (Å²) in [6, 6.07) is 16.1. The normalized spacial score (nSPS) is 16.9. The van der Waals surface area contributed by atoms with Gasteiger partial charge in [0.2, 0.25) is 11.8 Å². The Labute approximate surface area is 156 Å². The number of aromatic nitrogens is 1. The third kappa shape index (κ3) is 4.23. The smallest absolute Gasteiger partial charge is 0.226 e. The van der Waals surface area contributed by atoms with Gasteiger partial charge in [-0.15, -0.1) is 0 Å². The highest BCUT2D eigenvalue weighted by atomic mass is 19.1. The first kappa shape index (κ1) is 17.4. The molecule has 1 aliphatic heterocycles. The molecule has 5 nitrogen and oxygen atoms in total. The van der Waals surface area contributed by atoms with Gasteiger partial charge >= 0.3 is 0 Å². The Balaban J connectivity index is 1.32. The topological polar surface area (TPSA) is 58.4 Å². The van der Waals surface area contributed by atoms with Crippen LogP contribution in [0.4, 0.5) is 4.39 Å². The lowest BCUT2D eigenvalue weighted by atomic mass is 10.2. The molecule has 0 spiro atoms. The minimum absolute atomic E-state index is 0.0444. The van der Waals surface area contributed by atoms with Gasteiger partial charge in [-0.05, 0) is 29.8 Å². The Morgan fingerprint density at radius 2 is 2.04 bits per heavy atom. The second-order valence-corrected chi connectivity index (χ2v) is 6.70. The minimum Gasteiger partial charge on any atom is -0.444 e. The molecule has 0 bridgehead atoms.